The van der Waals surface area contributed by atoms with Gasteiger partial charge in [0.1, 0.15) is 5.82 Å². The van der Waals surface area contributed by atoms with E-state index in [4.69, 9.17) is 0 Å². The Morgan fingerprint density at radius 2 is 2.07 bits per heavy atom. The van der Waals surface area contributed by atoms with E-state index >= 15 is 0 Å². The van der Waals surface area contributed by atoms with Crippen molar-refractivity contribution in [3.05, 3.63) is 64.2 Å². The van der Waals surface area contributed by atoms with Crippen molar-refractivity contribution in [2.45, 2.75) is 25.8 Å². The summed E-state index contributed by atoms with van der Waals surface area (Å²) in [4.78, 5) is 41.7. The number of rotatable bonds is 4. The summed E-state index contributed by atoms with van der Waals surface area (Å²) in [6.45, 7) is 2.14. The van der Waals surface area contributed by atoms with Crippen LogP contribution in [-0.2, 0) is 16.1 Å². The molecule has 0 radical (unpaired) electrons. The summed E-state index contributed by atoms with van der Waals surface area (Å²) >= 11 is 0. The fourth-order valence-electron chi connectivity index (χ4n) is 3.43. The summed E-state index contributed by atoms with van der Waals surface area (Å²) in [7, 11) is 0. The maximum Gasteiger partial charge on any atom is 0.262 e. The Bertz CT molecular complexity index is 1190. The molecule has 2 aromatic carbocycles. The first-order chi connectivity index (χ1) is 14.0. The van der Waals surface area contributed by atoms with Crippen molar-refractivity contribution in [1.82, 2.24) is 15.0 Å². The van der Waals surface area contributed by atoms with Gasteiger partial charge in [0, 0.05) is 18.7 Å². The Morgan fingerprint density at radius 3 is 2.86 bits per heavy atom. The topological polar surface area (TPSA) is 105 Å². The lowest BCUT2D eigenvalue weighted by atomic mass is 9.90. The molecular formula is C20H18FN5O3. The minimum Gasteiger partial charge on any atom is -0.326 e. The molecule has 29 heavy (non-hydrogen) atoms. The number of hydrogen-bond donors (Lipinski definition) is 3. The van der Waals surface area contributed by atoms with E-state index in [2.05, 4.69) is 21.2 Å². The lowest BCUT2D eigenvalue weighted by Gasteiger charge is -2.25. The monoisotopic (exact) mass is 395 g/mol. The molecule has 148 valence electrons. The van der Waals surface area contributed by atoms with Crippen molar-refractivity contribution in [2.24, 2.45) is 0 Å². The molecule has 0 saturated heterocycles. The molecule has 2 heterocycles. The van der Waals surface area contributed by atoms with Crippen LogP contribution >= 0.6 is 0 Å². The Morgan fingerprint density at radius 1 is 1.28 bits per heavy atom. The molecule has 4 rings (SSSR count). The molecule has 1 atom stereocenters. The minimum atomic E-state index is -0.797. The van der Waals surface area contributed by atoms with Gasteiger partial charge in [-0.2, -0.15) is 0 Å². The van der Waals surface area contributed by atoms with Crippen molar-refractivity contribution in [3.63, 3.8) is 0 Å². The van der Waals surface area contributed by atoms with Gasteiger partial charge in [-0.25, -0.2) is 9.37 Å². The Labute approximate surface area is 164 Å². The Balaban J connectivity index is 1.61. The van der Waals surface area contributed by atoms with Crippen LogP contribution in [0.5, 0.6) is 0 Å². The highest BCUT2D eigenvalue weighted by molar-refractivity contribution is 6.01. The third kappa shape index (κ3) is 3.42. The van der Waals surface area contributed by atoms with Crippen molar-refractivity contribution in [3.8, 4) is 0 Å². The normalized spacial score (nSPS) is 15.5. The Hall–Kier alpha value is -3.75. The summed E-state index contributed by atoms with van der Waals surface area (Å²) in [5, 5.41) is 3.05. The standard InChI is InChI=1S/C20H18FN5O3/c1-2-26-19(29)13-5-3-4-6-15(13)23-20(26)25-24-18(28)14-10-17(27)22-16-9-11(21)7-8-12(14)16/h3-9,14H,2,10H2,1H3,(H,22,27)(H,23,25)(H,24,28). The number of aromatic nitrogens is 2. The van der Waals surface area contributed by atoms with Gasteiger partial charge in [-0.1, -0.05) is 18.2 Å². The van der Waals surface area contributed by atoms with Gasteiger partial charge in [0.15, 0.2) is 0 Å². The molecule has 1 unspecified atom stereocenters. The van der Waals surface area contributed by atoms with Gasteiger partial charge in [-0.15, -0.1) is 0 Å². The summed E-state index contributed by atoms with van der Waals surface area (Å²) in [6, 6.07) is 10.8. The van der Waals surface area contributed by atoms with Crippen LogP contribution in [0.1, 0.15) is 24.8 Å². The Kier molecular flexibility index (Phi) is 4.71. The molecule has 2 amide bonds. The van der Waals surface area contributed by atoms with E-state index in [1.54, 1.807) is 31.2 Å². The second kappa shape index (κ2) is 7.34. The SMILES string of the molecule is CCn1c(NNC(=O)C2CC(=O)Nc3cc(F)ccc32)nc2ccccc2c1=O. The number of carbonyl (C=O) groups is 2. The van der Waals surface area contributed by atoms with Crippen LogP contribution in [-0.4, -0.2) is 21.4 Å². The van der Waals surface area contributed by atoms with E-state index in [9.17, 15) is 18.8 Å². The average molecular weight is 395 g/mol. The van der Waals surface area contributed by atoms with Crippen LogP contribution in [0.3, 0.4) is 0 Å². The molecule has 0 fully saturated rings. The molecular weight excluding hydrogens is 377 g/mol. The van der Waals surface area contributed by atoms with Crippen LogP contribution < -0.4 is 21.7 Å². The number of nitrogens with zero attached hydrogens (tertiary/aromatic N) is 2. The smallest absolute Gasteiger partial charge is 0.262 e. The largest absolute Gasteiger partial charge is 0.326 e. The molecule has 1 aromatic heterocycles. The first kappa shape index (κ1) is 18.6. The van der Waals surface area contributed by atoms with Crippen molar-refractivity contribution >= 4 is 34.4 Å². The third-order valence-corrected chi connectivity index (χ3v) is 4.85. The second-order valence-corrected chi connectivity index (χ2v) is 6.65. The fourth-order valence-corrected chi connectivity index (χ4v) is 3.43. The van der Waals surface area contributed by atoms with Gasteiger partial charge in [0.2, 0.25) is 17.8 Å². The van der Waals surface area contributed by atoms with Crippen molar-refractivity contribution < 1.29 is 14.0 Å². The molecule has 1 aliphatic heterocycles. The lowest BCUT2D eigenvalue weighted by molar-refractivity contribution is -0.126. The first-order valence-corrected chi connectivity index (χ1v) is 9.12. The highest BCUT2D eigenvalue weighted by Crippen LogP contribution is 2.32. The van der Waals surface area contributed by atoms with E-state index in [0.717, 1.165) is 0 Å². The molecule has 0 aliphatic carbocycles. The minimum absolute atomic E-state index is 0.0715. The van der Waals surface area contributed by atoms with Gasteiger partial charge >= 0.3 is 0 Å². The molecule has 1 aliphatic rings. The first-order valence-electron chi connectivity index (χ1n) is 9.12. The number of hydrogen-bond acceptors (Lipinski definition) is 5. The number of amides is 2. The predicted molar refractivity (Wildman–Crippen MR) is 106 cm³/mol. The number of carbonyl (C=O) groups excluding carboxylic acids is 2. The van der Waals surface area contributed by atoms with Crippen LogP contribution in [0.25, 0.3) is 10.9 Å². The molecule has 3 N–H and O–H groups in total. The lowest BCUT2D eigenvalue weighted by Crippen LogP contribution is -2.39. The highest BCUT2D eigenvalue weighted by atomic mass is 19.1. The number of hydrazine groups is 1. The van der Waals surface area contributed by atoms with Gasteiger partial charge in [0.05, 0.1) is 16.8 Å². The second-order valence-electron chi connectivity index (χ2n) is 6.65. The zero-order chi connectivity index (χ0) is 20.5. The van der Waals surface area contributed by atoms with Gasteiger partial charge in [-0.3, -0.25) is 29.8 Å². The quantitative estimate of drug-likeness (QED) is 0.587. The van der Waals surface area contributed by atoms with Crippen molar-refractivity contribution in [2.75, 3.05) is 10.7 Å². The zero-order valence-electron chi connectivity index (χ0n) is 15.5. The molecule has 9 heteroatoms. The number of nitrogens with one attached hydrogen (secondary N) is 3. The van der Waals surface area contributed by atoms with Crippen molar-refractivity contribution in [1.29, 1.82) is 0 Å². The van der Waals surface area contributed by atoms with Crippen LogP contribution in [0.4, 0.5) is 16.0 Å². The van der Waals surface area contributed by atoms with Crippen LogP contribution in [0, 0.1) is 5.82 Å². The average Bonchev–Trinajstić information content (AvgIpc) is 2.71. The highest BCUT2D eigenvalue weighted by Gasteiger charge is 2.31. The summed E-state index contributed by atoms with van der Waals surface area (Å²) < 4.78 is 14.9. The number of para-hydroxylation sites is 1. The maximum atomic E-state index is 13.5. The van der Waals surface area contributed by atoms with Crippen LogP contribution in [0.2, 0.25) is 0 Å². The van der Waals surface area contributed by atoms with E-state index < -0.39 is 17.6 Å². The molecule has 0 spiro atoms. The molecule has 3 aromatic rings. The van der Waals surface area contributed by atoms with E-state index in [1.807, 2.05) is 0 Å². The number of fused-ring (bicyclic) bond motifs is 2. The predicted octanol–water partition coefficient (Wildman–Crippen LogP) is 2.12. The molecule has 8 nitrogen and oxygen atoms in total. The molecule has 0 saturated carbocycles. The number of anilines is 2. The van der Waals surface area contributed by atoms with Crippen LogP contribution in [0.15, 0.2) is 47.3 Å². The van der Waals surface area contributed by atoms with Gasteiger partial charge < -0.3 is 5.32 Å². The van der Waals surface area contributed by atoms with E-state index in [-0.39, 0.29) is 29.5 Å². The zero-order valence-corrected chi connectivity index (χ0v) is 15.5. The van der Waals surface area contributed by atoms with Gasteiger partial charge in [-0.05, 0) is 36.8 Å². The summed E-state index contributed by atoms with van der Waals surface area (Å²) in [5.41, 5.74) is 6.28. The number of benzene rings is 2. The van der Waals surface area contributed by atoms with E-state index in [0.29, 0.717) is 23.0 Å². The number of halogens is 1. The van der Waals surface area contributed by atoms with Gasteiger partial charge in [0.25, 0.3) is 5.56 Å². The summed E-state index contributed by atoms with van der Waals surface area (Å²) in [6.07, 6.45) is -0.0715. The maximum absolute atomic E-state index is 13.5. The summed E-state index contributed by atoms with van der Waals surface area (Å²) in [5.74, 6) is -1.98. The van der Waals surface area contributed by atoms with E-state index in [1.165, 1.54) is 22.8 Å². The molecule has 0 bridgehead atoms. The fraction of sp³-hybridized carbons (Fsp3) is 0.200. The third-order valence-electron chi connectivity index (χ3n) is 4.85.